The van der Waals surface area contributed by atoms with Crippen LogP contribution in [0.25, 0.3) is 0 Å². The lowest BCUT2D eigenvalue weighted by Crippen LogP contribution is -2.05. The van der Waals surface area contributed by atoms with Gasteiger partial charge in [-0.2, -0.15) is 0 Å². The van der Waals surface area contributed by atoms with Crippen LogP contribution in [0.3, 0.4) is 0 Å². The predicted octanol–water partition coefficient (Wildman–Crippen LogP) is 8.68. The van der Waals surface area contributed by atoms with Crippen LogP contribution in [0.2, 0.25) is 0 Å². The number of unbranched alkanes of at least 4 members (excludes halogenated alkanes) is 15. The van der Waals surface area contributed by atoms with Crippen LogP contribution >= 0.6 is 0 Å². The maximum absolute atomic E-state index is 11.8. The molecular weight excluding hydrogens is 384 g/mol. The first-order chi connectivity index (χ1) is 15.2. The normalized spacial score (nSPS) is 12.5. The standard InChI is InChI=1S/C28H54O3/c1-3-5-7-9-10-15-18-22-26-31-28(30)25-21-17-14-12-11-13-16-20-24-27(29)23-19-8-6-4-2/h16,20,27,29H,3-15,17-19,21-26H2,1-2H3/b20-16+/t27-/m1/s1. The smallest absolute Gasteiger partial charge is 0.305 e. The van der Waals surface area contributed by atoms with E-state index in [9.17, 15) is 9.90 Å². The van der Waals surface area contributed by atoms with Gasteiger partial charge >= 0.3 is 5.97 Å². The zero-order valence-electron chi connectivity index (χ0n) is 21.1. The highest BCUT2D eigenvalue weighted by Gasteiger charge is 2.03. The van der Waals surface area contributed by atoms with Gasteiger partial charge in [0.05, 0.1) is 12.7 Å². The first-order valence-electron chi connectivity index (χ1n) is 13.7. The molecule has 0 fully saturated rings. The van der Waals surface area contributed by atoms with Gasteiger partial charge in [-0.3, -0.25) is 4.79 Å². The Bertz CT molecular complexity index is 392. The maximum atomic E-state index is 11.8. The lowest BCUT2D eigenvalue weighted by Gasteiger charge is -2.07. The van der Waals surface area contributed by atoms with E-state index in [4.69, 9.17) is 4.74 Å². The minimum atomic E-state index is -0.164. The molecule has 0 unspecified atom stereocenters. The van der Waals surface area contributed by atoms with Crippen molar-refractivity contribution in [3.8, 4) is 0 Å². The Morgan fingerprint density at radius 3 is 1.94 bits per heavy atom. The Morgan fingerprint density at radius 1 is 0.710 bits per heavy atom. The zero-order chi connectivity index (χ0) is 22.8. The number of aliphatic hydroxyl groups is 1. The molecule has 0 aromatic heterocycles. The fourth-order valence-electron chi connectivity index (χ4n) is 3.85. The van der Waals surface area contributed by atoms with E-state index in [-0.39, 0.29) is 12.1 Å². The van der Waals surface area contributed by atoms with E-state index < -0.39 is 0 Å². The summed E-state index contributed by atoms with van der Waals surface area (Å²) in [6, 6.07) is 0. The summed E-state index contributed by atoms with van der Waals surface area (Å²) in [4.78, 5) is 11.8. The van der Waals surface area contributed by atoms with Crippen molar-refractivity contribution in [1.29, 1.82) is 0 Å². The van der Waals surface area contributed by atoms with Crippen molar-refractivity contribution in [1.82, 2.24) is 0 Å². The quantitative estimate of drug-likeness (QED) is 0.0931. The van der Waals surface area contributed by atoms with E-state index in [1.54, 1.807) is 0 Å². The summed E-state index contributed by atoms with van der Waals surface area (Å²) >= 11 is 0. The summed E-state index contributed by atoms with van der Waals surface area (Å²) in [7, 11) is 0. The Morgan fingerprint density at radius 2 is 1.26 bits per heavy atom. The summed E-state index contributed by atoms with van der Waals surface area (Å²) in [5.41, 5.74) is 0. The summed E-state index contributed by atoms with van der Waals surface area (Å²) in [6.07, 6.45) is 28.4. The van der Waals surface area contributed by atoms with Crippen LogP contribution in [0.1, 0.15) is 149 Å². The number of carbonyl (C=O) groups is 1. The second kappa shape index (κ2) is 25.4. The molecular formula is C28H54O3. The van der Waals surface area contributed by atoms with Crippen LogP contribution in [0.4, 0.5) is 0 Å². The number of carbonyl (C=O) groups excluding carboxylic acids is 1. The van der Waals surface area contributed by atoms with Gasteiger partial charge in [-0.15, -0.1) is 0 Å². The molecule has 0 heterocycles. The van der Waals surface area contributed by atoms with Gasteiger partial charge in [-0.05, 0) is 38.5 Å². The third-order valence-corrected chi connectivity index (χ3v) is 5.98. The Hall–Kier alpha value is -0.830. The molecule has 1 N–H and O–H groups in total. The van der Waals surface area contributed by atoms with Crippen LogP contribution in [-0.4, -0.2) is 23.8 Å². The topological polar surface area (TPSA) is 46.5 Å². The van der Waals surface area contributed by atoms with E-state index in [0.717, 1.165) is 44.9 Å². The monoisotopic (exact) mass is 438 g/mol. The molecule has 0 aliphatic carbocycles. The fraction of sp³-hybridized carbons (Fsp3) is 0.893. The van der Waals surface area contributed by atoms with Crippen molar-refractivity contribution in [3.63, 3.8) is 0 Å². The summed E-state index contributed by atoms with van der Waals surface area (Å²) in [5, 5.41) is 9.93. The molecule has 31 heavy (non-hydrogen) atoms. The van der Waals surface area contributed by atoms with Crippen molar-refractivity contribution in [2.75, 3.05) is 6.61 Å². The number of hydrogen-bond donors (Lipinski definition) is 1. The van der Waals surface area contributed by atoms with Gasteiger partial charge in [0.1, 0.15) is 0 Å². The highest BCUT2D eigenvalue weighted by atomic mass is 16.5. The number of rotatable bonds is 24. The van der Waals surface area contributed by atoms with Crippen LogP contribution in [-0.2, 0) is 9.53 Å². The maximum Gasteiger partial charge on any atom is 0.305 e. The SMILES string of the molecule is CCCCCCCCCCOC(=O)CCCCCCC/C=C/C[C@H](O)CCCCCC. The molecule has 0 radical (unpaired) electrons. The summed E-state index contributed by atoms with van der Waals surface area (Å²) in [5.74, 6) is -0.0147. The van der Waals surface area contributed by atoms with Gasteiger partial charge in [-0.1, -0.05) is 116 Å². The highest BCUT2D eigenvalue weighted by Crippen LogP contribution is 2.11. The fourth-order valence-corrected chi connectivity index (χ4v) is 3.85. The van der Waals surface area contributed by atoms with E-state index in [1.807, 2.05) is 0 Å². The summed E-state index contributed by atoms with van der Waals surface area (Å²) in [6.45, 7) is 5.07. The molecule has 0 aromatic rings. The Labute approximate surface area is 194 Å². The molecule has 0 aromatic carbocycles. The highest BCUT2D eigenvalue weighted by molar-refractivity contribution is 5.69. The molecule has 0 rings (SSSR count). The van der Waals surface area contributed by atoms with Gasteiger partial charge in [0.2, 0.25) is 0 Å². The first-order valence-corrected chi connectivity index (χ1v) is 13.7. The zero-order valence-corrected chi connectivity index (χ0v) is 21.1. The molecule has 0 saturated carbocycles. The lowest BCUT2D eigenvalue weighted by atomic mass is 10.1. The molecule has 0 aliphatic heterocycles. The van der Waals surface area contributed by atoms with Gasteiger partial charge in [0.15, 0.2) is 0 Å². The first kappa shape index (κ1) is 30.2. The number of ether oxygens (including phenoxy) is 1. The van der Waals surface area contributed by atoms with Gasteiger partial charge in [-0.25, -0.2) is 0 Å². The molecule has 3 heteroatoms. The molecule has 0 amide bonds. The van der Waals surface area contributed by atoms with Crippen molar-refractivity contribution in [2.45, 2.75) is 155 Å². The van der Waals surface area contributed by atoms with Gasteiger partial charge in [0, 0.05) is 6.42 Å². The number of hydrogen-bond acceptors (Lipinski definition) is 3. The molecule has 0 bridgehead atoms. The lowest BCUT2D eigenvalue weighted by molar-refractivity contribution is -0.143. The van der Waals surface area contributed by atoms with E-state index in [1.165, 1.54) is 83.5 Å². The molecule has 0 spiro atoms. The van der Waals surface area contributed by atoms with E-state index >= 15 is 0 Å². The van der Waals surface area contributed by atoms with Crippen molar-refractivity contribution >= 4 is 5.97 Å². The average Bonchev–Trinajstić information content (AvgIpc) is 2.76. The third kappa shape index (κ3) is 25.3. The minimum absolute atomic E-state index is 0.0147. The molecule has 0 saturated heterocycles. The van der Waals surface area contributed by atoms with Crippen LogP contribution in [0.5, 0.6) is 0 Å². The molecule has 0 aliphatic rings. The predicted molar refractivity (Wildman–Crippen MR) is 134 cm³/mol. The molecule has 3 nitrogen and oxygen atoms in total. The van der Waals surface area contributed by atoms with Gasteiger partial charge in [0.25, 0.3) is 0 Å². The molecule has 1 atom stereocenters. The second-order valence-corrected chi connectivity index (χ2v) is 9.21. The number of aliphatic hydroxyl groups excluding tert-OH is 1. The Balaban J connectivity index is 3.29. The summed E-state index contributed by atoms with van der Waals surface area (Å²) < 4.78 is 5.35. The van der Waals surface area contributed by atoms with Crippen molar-refractivity contribution in [3.05, 3.63) is 12.2 Å². The average molecular weight is 439 g/mol. The van der Waals surface area contributed by atoms with Crippen LogP contribution < -0.4 is 0 Å². The molecule has 184 valence electrons. The third-order valence-electron chi connectivity index (χ3n) is 5.98. The Kier molecular flexibility index (Phi) is 24.7. The van der Waals surface area contributed by atoms with Crippen LogP contribution in [0, 0.1) is 0 Å². The van der Waals surface area contributed by atoms with E-state index in [0.29, 0.717) is 13.0 Å². The minimum Gasteiger partial charge on any atom is -0.466 e. The number of allylic oxidation sites excluding steroid dienone is 1. The van der Waals surface area contributed by atoms with Crippen molar-refractivity contribution < 1.29 is 14.6 Å². The van der Waals surface area contributed by atoms with E-state index in [2.05, 4.69) is 26.0 Å². The van der Waals surface area contributed by atoms with Crippen molar-refractivity contribution in [2.24, 2.45) is 0 Å². The van der Waals surface area contributed by atoms with Crippen LogP contribution in [0.15, 0.2) is 12.2 Å². The largest absolute Gasteiger partial charge is 0.466 e. The van der Waals surface area contributed by atoms with Gasteiger partial charge < -0.3 is 9.84 Å². The number of esters is 1. The second-order valence-electron chi connectivity index (χ2n) is 9.21.